The number of hydrogen-bond acceptors (Lipinski definition) is 8. The Kier molecular flexibility index (Phi) is 11.6. The smallest absolute Gasteiger partial charge is 0.254 e. The van der Waals surface area contributed by atoms with E-state index in [1.54, 1.807) is 18.3 Å². The SMILES string of the molecule is CCC(NC[C@@H](O)[C@H](Cc1ccccc1)NC(=O)c1cc(NCS(C)(=O)=O)cc(C(=O)N2CCCC2c2ccccc2)c1)c1cn[nH]c1. The molecule has 5 N–H and O–H groups in total. The summed E-state index contributed by atoms with van der Waals surface area (Å²) in [5, 5.41) is 27.5. The van der Waals surface area contributed by atoms with Crippen molar-refractivity contribution in [1.82, 2.24) is 25.7 Å². The number of nitrogens with zero attached hydrogens (tertiary/aromatic N) is 2. The predicted octanol–water partition coefficient (Wildman–Crippen LogP) is 4.24. The molecule has 1 fully saturated rings. The number of nitrogens with one attached hydrogen (secondary N) is 4. The first-order chi connectivity index (χ1) is 23.1. The van der Waals surface area contributed by atoms with Crippen molar-refractivity contribution in [1.29, 1.82) is 0 Å². The minimum Gasteiger partial charge on any atom is -0.390 e. The first-order valence-corrected chi connectivity index (χ1v) is 18.3. The first-order valence-electron chi connectivity index (χ1n) is 16.3. The van der Waals surface area contributed by atoms with E-state index in [1.807, 2.05) is 78.7 Å². The summed E-state index contributed by atoms with van der Waals surface area (Å²) in [7, 11) is -3.40. The fourth-order valence-electron chi connectivity index (χ4n) is 6.15. The van der Waals surface area contributed by atoms with Gasteiger partial charge in [0, 0.05) is 54.0 Å². The number of H-pyrrole nitrogens is 1. The van der Waals surface area contributed by atoms with Crippen LogP contribution in [-0.4, -0.2) is 77.8 Å². The zero-order valence-electron chi connectivity index (χ0n) is 27.3. The lowest BCUT2D eigenvalue weighted by atomic mass is 9.99. The van der Waals surface area contributed by atoms with Gasteiger partial charge in [0.25, 0.3) is 11.8 Å². The van der Waals surface area contributed by atoms with Crippen molar-refractivity contribution in [2.75, 3.05) is 30.5 Å². The molecule has 1 saturated heterocycles. The molecule has 12 heteroatoms. The molecule has 3 aromatic carbocycles. The van der Waals surface area contributed by atoms with Crippen molar-refractivity contribution in [2.24, 2.45) is 0 Å². The Balaban J connectivity index is 1.40. The highest BCUT2D eigenvalue weighted by molar-refractivity contribution is 7.90. The maximum atomic E-state index is 14.0. The average Bonchev–Trinajstić information content (AvgIpc) is 3.81. The van der Waals surface area contributed by atoms with Crippen molar-refractivity contribution in [3.8, 4) is 0 Å². The molecule has 1 aliphatic rings. The standard InChI is InChI=1S/C36H44N6O5S/c1-3-31(29-21-39-40-22-29)37-23-34(43)32(17-25-11-6-4-7-12-25)41-35(44)27-18-28(20-30(19-27)38-24-48(2,46)47)36(45)42-16-10-15-33(42)26-13-8-5-9-14-26/h4-9,11-14,18-22,31-34,37-38,43H,3,10,15-17,23-24H2,1-2H3,(H,39,40)(H,41,44)/t31?,32-,33?,34+/m0/s1. The maximum absolute atomic E-state index is 14.0. The van der Waals surface area contributed by atoms with Crippen LogP contribution in [0.1, 0.15) is 75.7 Å². The average molecular weight is 673 g/mol. The number of likely N-dealkylation sites (tertiary alicyclic amines) is 1. The van der Waals surface area contributed by atoms with Crippen LogP contribution in [0.4, 0.5) is 5.69 Å². The van der Waals surface area contributed by atoms with Crippen LogP contribution in [-0.2, 0) is 16.3 Å². The Morgan fingerprint density at radius 1 is 1.04 bits per heavy atom. The molecule has 1 aliphatic heterocycles. The molecule has 2 unspecified atom stereocenters. The second-order valence-corrected chi connectivity index (χ2v) is 14.5. The van der Waals surface area contributed by atoms with Gasteiger partial charge in [-0.1, -0.05) is 67.6 Å². The van der Waals surface area contributed by atoms with E-state index >= 15 is 0 Å². The van der Waals surface area contributed by atoms with Gasteiger partial charge in [-0.2, -0.15) is 5.10 Å². The molecule has 5 rings (SSSR count). The van der Waals surface area contributed by atoms with Crippen molar-refractivity contribution in [3.63, 3.8) is 0 Å². The molecular formula is C36H44N6O5S. The van der Waals surface area contributed by atoms with E-state index in [4.69, 9.17) is 0 Å². The van der Waals surface area contributed by atoms with Crippen LogP contribution in [0, 0.1) is 0 Å². The van der Waals surface area contributed by atoms with E-state index in [0.717, 1.165) is 42.2 Å². The van der Waals surface area contributed by atoms with Gasteiger partial charge < -0.3 is 26.0 Å². The van der Waals surface area contributed by atoms with Crippen LogP contribution in [0.5, 0.6) is 0 Å². The summed E-state index contributed by atoms with van der Waals surface area (Å²) in [6.07, 6.45) is 6.50. The Bertz CT molecular complexity index is 1750. The van der Waals surface area contributed by atoms with E-state index in [2.05, 4.69) is 26.1 Å². The lowest BCUT2D eigenvalue weighted by Crippen LogP contribution is -2.49. The fraction of sp³-hybridized carbons (Fsp3) is 0.361. The van der Waals surface area contributed by atoms with Crippen LogP contribution in [0.3, 0.4) is 0 Å². The second kappa shape index (κ2) is 16.1. The number of benzene rings is 3. The van der Waals surface area contributed by atoms with Crippen LogP contribution in [0.2, 0.25) is 0 Å². The van der Waals surface area contributed by atoms with Crippen LogP contribution in [0.15, 0.2) is 91.3 Å². The molecule has 2 amide bonds. The normalized spacial score (nSPS) is 16.6. The predicted molar refractivity (Wildman–Crippen MR) is 186 cm³/mol. The van der Waals surface area contributed by atoms with E-state index in [1.165, 1.54) is 6.07 Å². The van der Waals surface area contributed by atoms with Gasteiger partial charge in [-0.25, -0.2) is 8.42 Å². The fourth-order valence-corrected chi connectivity index (χ4v) is 6.58. The van der Waals surface area contributed by atoms with Gasteiger partial charge in [-0.05, 0) is 55.0 Å². The van der Waals surface area contributed by atoms with Gasteiger partial charge in [-0.15, -0.1) is 0 Å². The van der Waals surface area contributed by atoms with Gasteiger partial charge in [0.2, 0.25) is 0 Å². The first kappa shape index (κ1) is 34.8. The van der Waals surface area contributed by atoms with E-state index in [-0.39, 0.29) is 41.5 Å². The maximum Gasteiger partial charge on any atom is 0.254 e. The highest BCUT2D eigenvalue weighted by atomic mass is 32.2. The summed E-state index contributed by atoms with van der Waals surface area (Å²) in [5.74, 6) is -1.10. The third kappa shape index (κ3) is 9.30. The molecule has 0 bridgehead atoms. The molecule has 4 atom stereocenters. The number of aromatic nitrogens is 2. The molecule has 0 spiro atoms. The van der Waals surface area contributed by atoms with Crippen molar-refractivity contribution in [2.45, 2.75) is 56.8 Å². The molecule has 1 aromatic heterocycles. The molecular weight excluding hydrogens is 628 g/mol. The monoisotopic (exact) mass is 672 g/mol. The van der Waals surface area contributed by atoms with Crippen molar-refractivity contribution < 1.29 is 23.1 Å². The number of carbonyl (C=O) groups excluding carboxylic acids is 2. The number of rotatable bonds is 15. The molecule has 11 nitrogen and oxygen atoms in total. The van der Waals surface area contributed by atoms with Gasteiger partial charge in [0.15, 0.2) is 9.84 Å². The number of sulfone groups is 1. The number of anilines is 1. The molecule has 0 saturated carbocycles. The summed E-state index contributed by atoms with van der Waals surface area (Å²) in [4.78, 5) is 29.7. The number of aliphatic hydroxyl groups is 1. The van der Waals surface area contributed by atoms with Crippen molar-refractivity contribution in [3.05, 3.63) is 119 Å². The molecule has 48 heavy (non-hydrogen) atoms. The largest absolute Gasteiger partial charge is 0.390 e. The molecule has 254 valence electrons. The Morgan fingerprint density at radius 2 is 1.75 bits per heavy atom. The summed E-state index contributed by atoms with van der Waals surface area (Å²) < 4.78 is 24.0. The Morgan fingerprint density at radius 3 is 2.42 bits per heavy atom. The van der Waals surface area contributed by atoms with Crippen LogP contribution in [0.25, 0.3) is 0 Å². The van der Waals surface area contributed by atoms with Gasteiger partial charge >= 0.3 is 0 Å². The topological polar surface area (TPSA) is 157 Å². The quantitative estimate of drug-likeness (QED) is 0.126. The summed E-state index contributed by atoms with van der Waals surface area (Å²) in [5.41, 5.74) is 3.72. The molecule has 0 radical (unpaired) electrons. The Hall–Kier alpha value is -4.52. The lowest BCUT2D eigenvalue weighted by molar-refractivity contribution is 0.0735. The molecule has 4 aromatic rings. The zero-order chi connectivity index (χ0) is 34.1. The van der Waals surface area contributed by atoms with E-state index in [0.29, 0.717) is 18.7 Å². The number of amides is 2. The minimum atomic E-state index is -3.40. The summed E-state index contributed by atoms with van der Waals surface area (Å²) in [6, 6.07) is 23.3. The second-order valence-electron chi connectivity index (χ2n) is 12.4. The molecule has 2 heterocycles. The third-order valence-corrected chi connectivity index (χ3v) is 9.33. The van der Waals surface area contributed by atoms with Gasteiger partial charge in [0.05, 0.1) is 24.4 Å². The number of hydrogen-bond donors (Lipinski definition) is 5. The summed E-state index contributed by atoms with van der Waals surface area (Å²) >= 11 is 0. The van der Waals surface area contributed by atoms with Crippen molar-refractivity contribution >= 4 is 27.3 Å². The van der Waals surface area contributed by atoms with Gasteiger partial charge in [0.1, 0.15) is 5.88 Å². The third-order valence-electron chi connectivity index (χ3n) is 8.66. The van der Waals surface area contributed by atoms with Crippen LogP contribution >= 0.6 is 0 Å². The van der Waals surface area contributed by atoms with Crippen LogP contribution < -0.4 is 16.0 Å². The number of aliphatic hydroxyl groups excluding tert-OH is 1. The highest BCUT2D eigenvalue weighted by Gasteiger charge is 2.31. The Labute approximate surface area is 282 Å². The molecule has 0 aliphatic carbocycles. The number of carbonyl (C=O) groups is 2. The number of aromatic amines is 1. The lowest BCUT2D eigenvalue weighted by Gasteiger charge is -2.27. The highest BCUT2D eigenvalue weighted by Crippen LogP contribution is 2.33. The van der Waals surface area contributed by atoms with Gasteiger partial charge in [-0.3, -0.25) is 14.7 Å². The van der Waals surface area contributed by atoms with E-state index in [9.17, 15) is 23.1 Å². The minimum absolute atomic E-state index is 0.0389. The summed E-state index contributed by atoms with van der Waals surface area (Å²) in [6.45, 7) is 2.81. The van der Waals surface area contributed by atoms with E-state index < -0.39 is 27.9 Å². The zero-order valence-corrected chi connectivity index (χ0v) is 28.1.